The SMILES string of the molecule is CN[C@@H](Cc1ccccc1)C(=O)N[C@@H](CC(C)C)C(=O)O. The summed E-state index contributed by atoms with van der Waals surface area (Å²) in [6, 6.07) is 8.35. The molecule has 0 saturated heterocycles. The second kappa shape index (κ2) is 8.42. The molecule has 3 N–H and O–H groups in total. The Hall–Kier alpha value is -1.88. The maximum atomic E-state index is 12.2. The van der Waals surface area contributed by atoms with Gasteiger partial charge < -0.3 is 15.7 Å². The first kappa shape index (κ1) is 17.2. The fraction of sp³-hybridized carbons (Fsp3) is 0.500. The second-order valence-electron chi connectivity index (χ2n) is 5.56. The Morgan fingerprint density at radius 3 is 2.24 bits per heavy atom. The van der Waals surface area contributed by atoms with Crippen LogP contribution in [0.3, 0.4) is 0 Å². The maximum absolute atomic E-state index is 12.2. The van der Waals surface area contributed by atoms with Gasteiger partial charge in [0.2, 0.25) is 5.91 Å². The highest BCUT2D eigenvalue weighted by molar-refractivity contribution is 5.87. The number of likely N-dealkylation sites (N-methyl/N-ethyl adjacent to an activating group) is 1. The molecule has 2 atom stereocenters. The maximum Gasteiger partial charge on any atom is 0.326 e. The molecule has 0 radical (unpaired) electrons. The lowest BCUT2D eigenvalue weighted by Crippen LogP contribution is -2.50. The van der Waals surface area contributed by atoms with Crippen LogP contribution in [0.15, 0.2) is 30.3 Å². The van der Waals surface area contributed by atoms with Crippen molar-refractivity contribution in [2.75, 3.05) is 7.05 Å². The molecule has 21 heavy (non-hydrogen) atoms. The Bertz CT molecular complexity index is 460. The van der Waals surface area contributed by atoms with E-state index in [0.29, 0.717) is 12.8 Å². The number of hydrogen-bond donors (Lipinski definition) is 3. The minimum atomic E-state index is -0.994. The number of carboxylic acid groups (broad SMARTS) is 1. The van der Waals surface area contributed by atoms with Gasteiger partial charge in [-0.05, 0) is 31.4 Å². The fourth-order valence-corrected chi connectivity index (χ4v) is 2.14. The van der Waals surface area contributed by atoms with Crippen molar-refractivity contribution < 1.29 is 14.7 Å². The van der Waals surface area contributed by atoms with Gasteiger partial charge in [-0.2, -0.15) is 0 Å². The number of nitrogens with one attached hydrogen (secondary N) is 2. The topological polar surface area (TPSA) is 78.4 Å². The van der Waals surface area contributed by atoms with Crippen LogP contribution >= 0.6 is 0 Å². The summed E-state index contributed by atoms with van der Waals surface area (Å²) >= 11 is 0. The van der Waals surface area contributed by atoms with Gasteiger partial charge in [-0.25, -0.2) is 4.79 Å². The summed E-state index contributed by atoms with van der Waals surface area (Å²) in [6.45, 7) is 3.86. The molecule has 1 rings (SSSR count). The zero-order valence-electron chi connectivity index (χ0n) is 12.8. The molecule has 0 saturated carbocycles. The van der Waals surface area contributed by atoms with Crippen LogP contribution in [0, 0.1) is 5.92 Å². The van der Waals surface area contributed by atoms with Crippen LogP contribution < -0.4 is 10.6 Å². The van der Waals surface area contributed by atoms with E-state index in [4.69, 9.17) is 0 Å². The predicted molar refractivity (Wildman–Crippen MR) is 82.0 cm³/mol. The summed E-state index contributed by atoms with van der Waals surface area (Å²) in [7, 11) is 1.70. The van der Waals surface area contributed by atoms with Gasteiger partial charge in [-0.15, -0.1) is 0 Å². The molecular formula is C16H24N2O3. The van der Waals surface area contributed by atoms with Crippen LogP contribution in [0.2, 0.25) is 0 Å². The first-order valence-corrected chi connectivity index (χ1v) is 7.18. The third-order valence-corrected chi connectivity index (χ3v) is 3.27. The minimum Gasteiger partial charge on any atom is -0.480 e. The van der Waals surface area contributed by atoms with E-state index in [1.165, 1.54) is 0 Å². The number of amides is 1. The molecular weight excluding hydrogens is 268 g/mol. The van der Waals surface area contributed by atoms with Crippen LogP contribution in [0.25, 0.3) is 0 Å². The van der Waals surface area contributed by atoms with E-state index in [9.17, 15) is 14.7 Å². The zero-order valence-corrected chi connectivity index (χ0v) is 12.8. The van der Waals surface area contributed by atoms with Crippen molar-refractivity contribution >= 4 is 11.9 Å². The number of carbonyl (C=O) groups is 2. The summed E-state index contributed by atoms with van der Waals surface area (Å²) in [5.41, 5.74) is 1.03. The van der Waals surface area contributed by atoms with Crippen molar-refractivity contribution in [3.8, 4) is 0 Å². The van der Waals surface area contributed by atoms with Crippen LogP contribution in [-0.2, 0) is 16.0 Å². The van der Waals surface area contributed by atoms with Crippen LogP contribution in [0.1, 0.15) is 25.8 Å². The Labute approximate surface area is 125 Å². The van der Waals surface area contributed by atoms with Gasteiger partial charge in [-0.1, -0.05) is 44.2 Å². The molecule has 0 aromatic heterocycles. The van der Waals surface area contributed by atoms with E-state index in [0.717, 1.165) is 5.56 Å². The Morgan fingerprint density at radius 1 is 1.14 bits per heavy atom. The van der Waals surface area contributed by atoms with Gasteiger partial charge in [0.15, 0.2) is 0 Å². The number of aliphatic carboxylic acids is 1. The molecule has 0 aliphatic rings. The Kier molecular flexibility index (Phi) is 6.88. The average molecular weight is 292 g/mol. The molecule has 0 aliphatic heterocycles. The average Bonchev–Trinajstić information content (AvgIpc) is 2.44. The standard InChI is InChI=1S/C16H24N2O3/c1-11(2)9-14(16(20)21)18-15(19)13(17-3)10-12-7-5-4-6-8-12/h4-8,11,13-14,17H,9-10H2,1-3H3,(H,18,19)(H,20,21)/t13-,14-/m0/s1. The fourth-order valence-electron chi connectivity index (χ4n) is 2.14. The van der Waals surface area contributed by atoms with E-state index in [1.807, 2.05) is 44.2 Å². The van der Waals surface area contributed by atoms with Crippen molar-refractivity contribution in [1.29, 1.82) is 0 Å². The smallest absolute Gasteiger partial charge is 0.326 e. The Balaban J connectivity index is 2.67. The normalized spacial score (nSPS) is 13.7. The van der Waals surface area contributed by atoms with E-state index in [-0.39, 0.29) is 11.8 Å². The number of benzene rings is 1. The second-order valence-corrected chi connectivity index (χ2v) is 5.56. The van der Waals surface area contributed by atoms with Gasteiger partial charge in [0.05, 0.1) is 6.04 Å². The van der Waals surface area contributed by atoms with Crippen molar-refractivity contribution in [3.05, 3.63) is 35.9 Å². The van der Waals surface area contributed by atoms with Gasteiger partial charge in [0.25, 0.3) is 0 Å². The summed E-state index contributed by atoms with van der Waals surface area (Å²) in [6.07, 6.45) is 0.944. The lowest BCUT2D eigenvalue weighted by Gasteiger charge is -2.21. The molecule has 1 aromatic carbocycles. The number of hydrogen-bond acceptors (Lipinski definition) is 3. The molecule has 0 bridgehead atoms. The highest BCUT2D eigenvalue weighted by Crippen LogP contribution is 2.07. The highest BCUT2D eigenvalue weighted by Gasteiger charge is 2.25. The Morgan fingerprint density at radius 2 is 1.76 bits per heavy atom. The molecule has 0 heterocycles. The molecule has 116 valence electrons. The quantitative estimate of drug-likeness (QED) is 0.677. The van der Waals surface area contributed by atoms with Crippen molar-refractivity contribution in [3.63, 3.8) is 0 Å². The van der Waals surface area contributed by atoms with Crippen molar-refractivity contribution in [2.45, 2.75) is 38.8 Å². The predicted octanol–water partition coefficient (Wildman–Crippen LogP) is 1.43. The molecule has 0 fully saturated rings. The molecule has 0 aliphatic carbocycles. The zero-order chi connectivity index (χ0) is 15.8. The lowest BCUT2D eigenvalue weighted by atomic mass is 10.0. The molecule has 1 aromatic rings. The largest absolute Gasteiger partial charge is 0.480 e. The summed E-state index contributed by atoms with van der Waals surface area (Å²) in [4.78, 5) is 23.4. The van der Waals surface area contributed by atoms with Gasteiger partial charge in [0.1, 0.15) is 6.04 Å². The van der Waals surface area contributed by atoms with E-state index < -0.39 is 18.1 Å². The van der Waals surface area contributed by atoms with E-state index in [1.54, 1.807) is 7.05 Å². The summed E-state index contributed by atoms with van der Waals surface area (Å²) in [5.74, 6) is -1.07. The molecule has 5 nitrogen and oxygen atoms in total. The first-order chi connectivity index (χ1) is 9.93. The summed E-state index contributed by atoms with van der Waals surface area (Å²) < 4.78 is 0. The van der Waals surface area contributed by atoms with E-state index in [2.05, 4.69) is 10.6 Å². The molecule has 0 spiro atoms. The minimum absolute atomic E-state index is 0.202. The third kappa shape index (κ3) is 5.95. The van der Waals surface area contributed by atoms with Gasteiger partial charge >= 0.3 is 5.97 Å². The van der Waals surface area contributed by atoms with Crippen molar-refractivity contribution in [1.82, 2.24) is 10.6 Å². The monoisotopic (exact) mass is 292 g/mol. The summed E-state index contributed by atoms with van der Waals surface area (Å²) in [5, 5.41) is 14.7. The van der Waals surface area contributed by atoms with Crippen molar-refractivity contribution in [2.24, 2.45) is 5.92 Å². The number of rotatable bonds is 8. The number of carbonyl (C=O) groups excluding carboxylic acids is 1. The van der Waals surface area contributed by atoms with Gasteiger partial charge in [0, 0.05) is 0 Å². The van der Waals surface area contributed by atoms with E-state index >= 15 is 0 Å². The highest BCUT2D eigenvalue weighted by atomic mass is 16.4. The van der Waals surface area contributed by atoms with Gasteiger partial charge in [-0.3, -0.25) is 4.79 Å². The number of carboxylic acids is 1. The lowest BCUT2D eigenvalue weighted by molar-refractivity contribution is -0.142. The third-order valence-electron chi connectivity index (χ3n) is 3.27. The van der Waals surface area contributed by atoms with Crippen LogP contribution in [0.5, 0.6) is 0 Å². The molecule has 5 heteroatoms. The molecule has 1 amide bonds. The van der Waals surface area contributed by atoms with Crippen LogP contribution in [0.4, 0.5) is 0 Å². The molecule has 0 unspecified atom stereocenters. The first-order valence-electron chi connectivity index (χ1n) is 7.18. The van der Waals surface area contributed by atoms with Crippen LogP contribution in [-0.4, -0.2) is 36.1 Å².